The molecule has 3 aliphatic heterocycles. The molecule has 2 aromatic rings. The second-order valence-corrected chi connectivity index (χ2v) is 5.75. The van der Waals surface area contributed by atoms with Crippen LogP contribution in [0.1, 0.15) is 23.1 Å². The summed E-state index contributed by atoms with van der Waals surface area (Å²) in [6.07, 6.45) is -0.738. The van der Waals surface area contributed by atoms with E-state index in [0.29, 0.717) is 17.2 Å². The minimum atomic E-state index is -0.504. The SMILES string of the molecule is COC1Oc2cc(O)ccc2C2Oc3cc4c(cc3C12)OCO4. The Morgan fingerprint density at radius 2 is 1.74 bits per heavy atom. The third kappa shape index (κ3) is 1.72. The molecule has 0 fully saturated rings. The average Bonchev–Trinajstić information content (AvgIpc) is 3.14. The summed E-state index contributed by atoms with van der Waals surface area (Å²) in [5.74, 6) is 2.75. The van der Waals surface area contributed by atoms with Gasteiger partial charge in [-0.05, 0) is 18.2 Å². The summed E-state index contributed by atoms with van der Waals surface area (Å²) in [6.45, 7) is 0.221. The molecule has 0 aliphatic carbocycles. The maximum atomic E-state index is 9.68. The van der Waals surface area contributed by atoms with E-state index >= 15 is 0 Å². The molecule has 3 heterocycles. The second kappa shape index (κ2) is 4.45. The smallest absolute Gasteiger partial charge is 0.231 e. The van der Waals surface area contributed by atoms with E-state index in [2.05, 4.69) is 0 Å². The number of phenolic OH excluding ortho intramolecular Hbond substituents is 1. The number of ether oxygens (including phenoxy) is 5. The summed E-state index contributed by atoms with van der Waals surface area (Å²) in [6, 6.07) is 8.81. The molecule has 6 heteroatoms. The van der Waals surface area contributed by atoms with Crippen molar-refractivity contribution in [2.24, 2.45) is 0 Å². The molecule has 3 atom stereocenters. The van der Waals surface area contributed by atoms with Crippen molar-refractivity contribution in [3.63, 3.8) is 0 Å². The zero-order valence-corrected chi connectivity index (χ0v) is 12.3. The Kier molecular flexibility index (Phi) is 2.50. The van der Waals surface area contributed by atoms with Crippen LogP contribution in [0, 0.1) is 0 Å². The summed E-state index contributed by atoms with van der Waals surface area (Å²) in [4.78, 5) is 0. The lowest BCUT2D eigenvalue weighted by atomic mass is 9.88. The van der Waals surface area contributed by atoms with E-state index < -0.39 is 6.29 Å². The average molecular weight is 314 g/mol. The number of phenols is 1. The van der Waals surface area contributed by atoms with Crippen molar-refractivity contribution in [2.75, 3.05) is 13.9 Å². The van der Waals surface area contributed by atoms with Crippen molar-refractivity contribution in [2.45, 2.75) is 18.3 Å². The molecular weight excluding hydrogens is 300 g/mol. The van der Waals surface area contributed by atoms with Gasteiger partial charge in [0.05, 0.1) is 5.92 Å². The number of rotatable bonds is 1. The molecule has 0 amide bonds. The number of hydrogen-bond donors (Lipinski definition) is 1. The minimum Gasteiger partial charge on any atom is -0.508 e. The Bertz CT molecular complexity index is 802. The number of hydrogen-bond acceptors (Lipinski definition) is 6. The van der Waals surface area contributed by atoms with Gasteiger partial charge in [-0.25, -0.2) is 0 Å². The van der Waals surface area contributed by atoms with E-state index in [1.807, 2.05) is 18.2 Å². The fraction of sp³-hybridized carbons (Fsp3) is 0.294. The Balaban J connectivity index is 1.65. The summed E-state index contributed by atoms with van der Waals surface area (Å²) >= 11 is 0. The number of methoxy groups -OCH3 is 1. The molecule has 3 unspecified atom stereocenters. The van der Waals surface area contributed by atoms with Crippen LogP contribution in [0.2, 0.25) is 0 Å². The van der Waals surface area contributed by atoms with Crippen molar-refractivity contribution in [3.05, 3.63) is 41.5 Å². The van der Waals surface area contributed by atoms with Crippen molar-refractivity contribution in [1.29, 1.82) is 0 Å². The quantitative estimate of drug-likeness (QED) is 0.873. The normalized spacial score (nSPS) is 25.9. The molecule has 0 saturated carbocycles. The minimum absolute atomic E-state index is 0.110. The van der Waals surface area contributed by atoms with Gasteiger partial charge < -0.3 is 28.8 Å². The van der Waals surface area contributed by atoms with Gasteiger partial charge in [0.15, 0.2) is 11.5 Å². The molecule has 6 nitrogen and oxygen atoms in total. The molecular formula is C17H14O6. The van der Waals surface area contributed by atoms with Crippen LogP contribution >= 0.6 is 0 Å². The Morgan fingerprint density at radius 3 is 2.57 bits per heavy atom. The van der Waals surface area contributed by atoms with Crippen LogP contribution in [-0.4, -0.2) is 25.3 Å². The van der Waals surface area contributed by atoms with E-state index in [1.165, 1.54) is 0 Å². The van der Waals surface area contributed by atoms with Crippen LogP contribution in [0.5, 0.6) is 28.7 Å². The summed E-state index contributed by atoms with van der Waals surface area (Å²) in [5.41, 5.74) is 1.86. The van der Waals surface area contributed by atoms with Crippen LogP contribution in [0.4, 0.5) is 0 Å². The number of fused-ring (bicyclic) bond motifs is 6. The number of benzene rings is 2. The van der Waals surface area contributed by atoms with Gasteiger partial charge in [-0.15, -0.1) is 0 Å². The lowest BCUT2D eigenvalue weighted by Crippen LogP contribution is -2.34. The molecule has 2 aromatic carbocycles. The fourth-order valence-electron chi connectivity index (χ4n) is 3.47. The van der Waals surface area contributed by atoms with Crippen LogP contribution in [-0.2, 0) is 4.74 Å². The Labute approximate surface area is 132 Å². The highest BCUT2D eigenvalue weighted by atomic mass is 16.7. The topological polar surface area (TPSA) is 66.4 Å². The second-order valence-electron chi connectivity index (χ2n) is 5.75. The van der Waals surface area contributed by atoms with Crippen LogP contribution in [0.25, 0.3) is 0 Å². The summed E-state index contributed by atoms with van der Waals surface area (Å²) < 4.78 is 28.5. The summed E-state index contributed by atoms with van der Waals surface area (Å²) in [5, 5.41) is 9.68. The van der Waals surface area contributed by atoms with E-state index in [9.17, 15) is 5.11 Å². The molecule has 118 valence electrons. The Hall–Kier alpha value is -2.60. The summed E-state index contributed by atoms with van der Waals surface area (Å²) in [7, 11) is 1.60. The number of aromatic hydroxyl groups is 1. The zero-order valence-electron chi connectivity index (χ0n) is 12.3. The van der Waals surface area contributed by atoms with Crippen molar-refractivity contribution in [3.8, 4) is 28.7 Å². The van der Waals surface area contributed by atoms with Crippen molar-refractivity contribution in [1.82, 2.24) is 0 Å². The molecule has 3 aliphatic rings. The van der Waals surface area contributed by atoms with Crippen molar-refractivity contribution >= 4 is 0 Å². The first-order chi connectivity index (χ1) is 11.2. The van der Waals surface area contributed by atoms with Crippen LogP contribution in [0.3, 0.4) is 0 Å². The molecule has 0 saturated heterocycles. The first-order valence-corrected chi connectivity index (χ1v) is 7.37. The van der Waals surface area contributed by atoms with Crippen molar-refractivity contribution < 1.29 is 28.8 Å². The third-order valence-corrected chi connectivity index (χ3v) is 4.52. The van der Waals surface area contributed by atoms with Gasteiger partial charge >= 0.3 is 0 Å². The van der Waals surface area contributed by atoms with Crippen LogP contribution < -0.4 is 18.9 Å². The highest BCUT2D eigenvalue weighted by Gasteiger charge is 2.47. The molecule has 5 rings (SSSR count). The molecule has 0 spiro atoms. The van der Waals surface area contributed by atoms with E-state index in [1.54, 1.807) is 19.2 Å². The van der Waals surface area contributed by atoms with E-state index in [-0.39, 0.29) is 24.6 Å². The standard InChI is InChI=1S/C17H14O6/c1-19-17-15-10-5-13-14(21-7-20-13)6-12(10)22-16(15)9-3-2-8(18)4-11(9)23-17/h2-6,15-18H,7H2,1H3. The van der Waals surface area contributed by atoms with Gasteiger partial charge in [0, 0.05) is 30.4 Å². The highest BCUT2D eigenvalue weighted by Crippen LogP contribution is 2.56. The van der Waals surface area contributed by atoms with Gasteiger partial charge in [0.1, 0.15) is 23.4 Å². The largest absolute Gasteiger partial charge is 0.508 e. The predicted octanol–water partition coefficient (Wildman–Crippen LogP) is 2.70. The lowest BCUT2D eigenvalue weighted by Gasteiger charge is -2.33. The first-order valence-electron chi connectivity index (χ1n) is 7.37. The molecule has 23 heavy (non-hydrogen) atoms. The Morgan fingerprint density at radius 1 is 0.957 bits per heavy atom. The third-order valence-electron chi connectivity index (χ3n) is 4.52. The maximum absolute atomic E-state index is 9.68. The van der Waals surface area contributed by atoms with Gasteiger partial charge in [0.2, 0.25) is 13.1 Å². The van der Waals surface area contributed by atoms with Gasteiger partial charge in [-0.1, -0.05) is 0 Å². The van der Waals surface area contributed by atoms with E-state index in [0.717, 1.165) is 16.9 Å². The maximum Gasteiger partial charge on any atom is 0.231 e. The molecule has 1 N–H and O–H groups in total. The molecule has 0 aromatic heterocycles. The zero-order chi connectivity index (χ0) is 15.6. The molecule has 0 bridgehead atoms. The van der Waals surface area contributed by atoms with E-state index in [4.69, 9.17) is 23.7 Å². The first kappa shape index (κ1) is 12.9. The lowest BCUT2D eigenvalue weighted by molar-refractivity contribution is -0.0994. The van der Waals surface area contributed by atoms with Crippen LogP contribution in [0.15, 0.2) is 30.3 Å². The monoisotopic (exact) mass is 314 g/mol. The fourth-order valence-corrected chi connectivity index (χ4v) is 3.47. The highest BCUT2D eigenvalue weighted by molar-refractivity contribution is 5.58. The predicted molar refractivity (Wildman–Crippen MR) is 78.2 cm³/mol. The molecule has 0 radical (unpaired) electrons. The van der Waals surface area contributed by atoms with Gasteiger partial charge in [-0.2, -0.15) is 0 Å². The van der Waals surface area contributed by atoms with Gasteiger partial charge in [-0.3, -0.25) is 0 Å². The van der Waals surface area contributed by atoms with Gasteiger partial charge in [0.25, 0.3) is 0 Å².